The number of anilines is 2. The molecule has 4 rings (SSSR count). The van der Waals surface area contributed by atoms with E-state index >= 15 is 0 Å². The first kappa shape index (κ1) is 12.9. The van der Waals surface area contributed by atoms with Gasteiger partial charge in [0.05, 0.1) is 0 Å². The predicted octanol–water partition coefficient (Wildman–Crippen LogP) is 3.97. The second-order valence-electron chi connectivity index (χ2n) is 6.44. The third kappa shape index (κ3) is 1.97. The van der Waals surface area contributed by atoms with E-state index in [0.29, 0.717) is 11.8 Å². The van der Waals surface area contributed by atoms with Crippen molar-refractivity contribution in [3.8, 4) is 0 Å². The molecule has 1 saturated heterocycles. The van der Waals surface area contributed by atoms with Gasteiger partial charge in [-0.2, -0.15) is 0 Å². The zero-order valence-corrected chi connectivity index (χ0v) is 12.8. The number of rotatable bonds is 0. The number of nitrogens with zero attached hydrogens (tertiary/aromatic N) is 2. The van der Waals surface area contributed by atoms with Crippen LogP contribution in [0.5, 0.6) is 0 Å². The van der Waals surface area contributed by atoms with Gasteiger partial charge in [-0.15, -0.1) is 0 Å². The zero-order valence-electron chi connectivity index (χ0n) is 12.8. The molecule has 0 unspecified atom stereocenters. The van der Waals surface area contributed by atoms with Crippen LogP contribution in [-0.4, -0.2) is 32.1 Å². The normalized spacial score (nSPS) is 24.8. The van der Waals surface area contributed by atoms with Gasteiger partial charge in [-0.1, -0.05) is 36.4 Å². The van der Waals surface area contributed by atoms with Gasteiger partial charge in [-0.05, 0) is 49.2 Å². The van der Waals surface area contributed by atoms with Gasteiger partial charge in [0.25, 0.3) is 0 Å². The summed E-state index contributed by atoms with van der Waals surface area (Å²) in [5.41, 5.74) is 5.77. The number of likely N-dealkylation sites (N-methyl/N-ethyl adjacent to an activating group) is 1. The Labute approximate surface area is 127 Å². The second kappa shape index (κ2) is 4.88. The van der Waals surface area contributed by atoms with Crippen molar-refractivity contribution >= 4 is 11.4 Å². The van der Waals surface area contributed by atoms with Crippen LogP contribution in [0.4, 0.5) is 11.4 Å². The lowest BCUT2D eigenvalue weighted by Gasteiger charge is -2.37. The van der Waals surface area contributed by atoms with Crippen LogP contribution < -0.4 is 4.90 Å². The summed E-state index contributed by atoms with van der Waals surface area (Å²) in [6.45, 7) is 2.35. The first-order valence-corrected chi connectivity index (χ1v) is 7.86. The van der Waals surface area contributed by atoms with Gasteiger partial charge < -0.3 is 9.80 Å². The molecule has 108 valence electrons. The van der Waals surface area contributed by atoms with E-state index in [-0.39, 0.29) is 0 Å². The summed E-state index contributed by atoms with van der Waals surface area (Å²) < 4.78 is 0. The van der Waals surface area contributed by atoms with E-state index in [4.69, 9.17) is 0 Å². The van der Waals surface area contributed by atoms with E-state index in [1.54, 1.807) is 0 Å². The van der Waals surface area contributed by atoms with Gasteiger partial charge in [0.2, 0.25) is 0 Å². The van der Waals surface area contributed by atoms with Crippen LogP contribution in [-0.2, 0) is 0 Å². The molecule has 2 aromatic rings. The van der Waals surface area contributed by atoms with Crippen LogP contribution in [0, 0.1) is 0 Å². The maximum absolute atomic E-state index is 2.48. The lowest BCUT2D eigenvalue weighted by atomic mass is 9.77. The molecule has 2 aliphatic heterocycles. The smallest absolute Gasteiger partial charge is 0.0444 e. The molecule has 2 heteroatoms. The summed E-state index contributed by atoms with van der Waals surface area (Å²) in [7, 11) is 4.46. The standard InChI is InChI=1S/C19H22N2/c1-20-12-11-14-15-7-3-5-9-18(15)21(2)19-10-6-4-8-16(19)17(14)13-20/h3-10,14,17H,11-13H2,1-2H3/t14-,17+/m0/s1. The number of hydrogen-bond donors (Lipinski definition) is 0. The number of para-hydroxylation sites is 2. The van der Waals surface area contributed by atoms with Gasteiger partial charge >= 0.3 is 0 Å². The minimum absolute atomic E-state index is 0.603. The quantitative estimate of drug-likeness (QED) is 0.719. The van der Waals surface area contributed by atoms with Gasteiger partial charge in [-0.25, -0.2) is 0 Å². The maximum Gasteiger partial charge on any atom is 0.0444 e. The Hall–Kier alpha value is -1.80. The maximum atomic E-state index is 2.48. The van der Waals surface area contributed by atoms with Crippen molar-refractivity contribution in [3.05, 3.63) is 59.7 Å². The van der Waals surface area contributed by atoms with E-state index in [0.717, 1.165) is 6.54 Å². The third-order valence-corrected chi connectivity index (χ3v) is 5.21. The van der Waals surface area contributed by atoms with Gasteiger partial charge in [0.1, 0.15) is 0 Å². The molecule has 21 heavy (non-hydrogen) atoms. The summed E-state index contributed by atoms with van der Waals surface area (Å²) >= 11 is 0. The minimum Gasteiger partial charge on any atom is -0.344 e. The van der Waals surface area contributed by atoms with Crippen LogP contribution in [0.25, 0.3) is 0 Å². The molecule has 2 aliphatic rings. The van der Waals surface area contributed by atoms with Crippen LogP contribution in [0.1, 0.15) is 29.4 Å². The fraction of sp³-hybridized carbons (Fsp3) is 0.368. The van der Waals surface area contributed by atoms with Crippen LogP contribution in [0.3, 0.4) is 0 Å². The molecule has 0 aliphatic carbocycles. The Morgan fingerprint density at radius 2 is 1.38 bits per heavy atom. The van der Waals surface area contributed by atoms with Gasteiger partial charge in [-0.3, -0.25) is 0 Å². The molecule has 0 saturated carbocycles. The highest BCUT2D eigenvalue weighted by Gasteiger charge is 2.36. The largest absolute Gasteiger partial charge is 0.344 e. The number of benzene rings is 2. The summed E-state index contributed by atoms with van der Waals surface area (Å²) in [6.07, 6.45) is 1.25. The van der Waals surface area contributed by atoms with E-state index < -0.39 is 0 Å². The number of likely N-dealkylation sites (tertiary alicyclic amines) is 1. The van der Waals surface area contributed by atoms with E-state index in [1.165, 1.54) is 35.5 Å². The second-order valence-corrected chi connectivity index (χ2v) is 6.44. The molecule has 2 nitrogen and oxygen atoms in total. The summed E-state index contributed by atoms with van der Waals surface area (Å²) in [6, 6.07) is 17.9. The zero-order chi connectivity index (χ0) is 14.4. The Bertz CT molecular complexity index is 664. The molecule has 0 bridgehead atoms. The molecule has 1 fully saturated rings. The number of hydrogen-bond acceptors (Lipinski definition) is 2. The highest BCUT2D eigenvalue weighted by Crippen LogP contribution is 2.49. The molecular formula is C19H22N2. The Kier molecular flexibility index (Phi) is 3.00. The van der Waals surface area contributed by atoms with Crippen molar-refractivity contribution < 1.29 is 0 Å². The molecule has 2 heterocycles. The molecular weight excluding hydrogens is 256 g/mol. The molecule has 0 N–H and O–H groups in total. The van der Waals surface area contributed by atoms with Crippen molar-refractivity contribution in [2.45, 2.75) is 18.3 Å². The van der Waals surface area contributed by atoms with Crippen molar-refractivity contribution in [2.75, 3.05) is 32.1 Å². The molecule has 2 atom stereocenters. The Balaban J connectivity index is 1.95. The highest BCUT2D eigenvalue weighted by molar-refractivity contribution is 5.72. The van der Waals surface area contributed by atoms with Crippen molar-refractivity contribution in [1.82, 2.24) is 4.90 Å². The molecule has 0 aromatic heterocycles. The van der Waals surface area contributed by atoms with Gasteiger partial charge in [0.15, 0.2) is 0 Å². The first-order chi connectivity index (χ1) is 10.3. The van der Waals surface area contributed by atoms with Crippen LogP contribution >= 0.6 is 0 Å². The Morgan fingerprint density at radius 3 is 2.05 bits per heavy atom. The molecule has 0 radical (unpaired) electrons. The number of piperidine rings is 1. The summed E-state index contributed by atoms with van der Waals surface area (Å²) in [5.74, 6) is 1.24. The first-order valence-electron chi connectivity index (χ1n) is 7.86. The Morgan fingerprint density at radius 1 is 0.810 bits per heavy atom. The SMILES string of the molecule is CN1CC[C@H]2c3ccccc3N(C)c3ccccc3[C@@H]2C1. The summed E-state index contributed by atoms with van der Waals surface area (Å²) in [4.78, 5) is 4.86. The van der Waals surface area contributed by atoms with E-state index in [9.17, 15) is 0 Å². The topological polar surface area (TPSA) is 6.48 Å². The predicted molar refractivity (Wildman–Crippen MR) is 88.5 cm³/mol. The third-order valence-electron chi connectivity index (χ3n) is 5.21. The van der Waals surface area contributed by atoms with Crippen LogP contribution in [0.2, 0.25) is 0 Å². The monoisotopic (exact) mass is 278 g/mol. The fourth-order valence-electron chi connectivity index (χ4n) is 4.15. The van der Waals surface area contributed by atoms with E-state index in [1.807, 2.05) is 0 Å². The number of fused-ring (bicyclic) bond motifs is 5. The van der Waals surface area contributed by atoms with Gasteiger partial charge in [0, 0.05) is 30.9 Å². The summed E-state index contributed by atoms with van der Waals surface area (Å²) in [5, 5.41) is 0. The average molecular weight is 278 g/mol. The van der Waals surface area contributed by atoms with E-state index in [2.05, 4.69) is 72.4 Å². The fourth-order valence-corrected chi connectivity index (χ4v) is 4.15. The van der Waals surface area contributed by atoms with Crippen molar-refractivity contribution in [3.63, 3.8) is 0 Å². The lowest BCUT2D eigenvalue weighted by molar-refractivity contribution is 0.228. The van der Waals surface area contributed by atoms with Crippen molar-refractivity contribution in [1.29, 1.82) is 0 Å². The molecule has 2 aromatic carbocycles. The molecule has 0 spiro atoms. The average Bonchev–Trinajstić information content (AvgIpc) is 2.63. The van der Waals surface area contributed by atoms with Crippen LogP contribution in [0.15, 0.2) is 48.5 Å². The molecule has 0 amide bonds. The highest BCUT2D eigenvalue weighted by atomic mass is 15.1. The minimum atomic E-state index is 0.603. The lowest BCUT2D eigenvalue weighted by Crippen LogP contribution is -2.35. The van der Waals surface area contributed by atoms with Crippen molar-refractivity contribution in [2.24, 2.45) is 0 Å².